The van der Waals surface area contributed by atoms with Crippen molar-refractivity contribution >= 4 is 0 Å². The zero-order valence-electron chi connectivity index (χ0n) is 9.79. The quantitative estimate of drug-likeness (QED) is 0.818. The van der Waals surface area contributed by atoms with E-state index in [4.69, 9.17) is 5.73 Å². The van der Waals surface area contributed by atoms with E-state index >= 15 is 0 Å². The van der Waals surface area contributed by atoms with Gasteiger partial charge in [0.2, 0.25) is 0 Å². The molecule has 0 radical (unpaired) electrons. The van der Waals surface area contributed by atoms with Gasteiger partial charge in [-0.05, 0) is 24.3 Å². The van der Waals surface area contributed by atoms with E-state index in [1.807, 2.05) is 0 Å². The minimum Gasteiger partial charge on any atom is -0.327 e. The van der Waals surface area contributed by atoms with Gasteiger partial charge in [-0.2, -0.15) is 0 Å². The molecule has 0 aliphatic rings. The predicted molar refractivity (Wildman–Crippen MR) is 62.5 cm³/mol. The van der Waals surface area contributed by atoms with Crippen LogP contribution in [0.25, 0.3) is 0 Å². The van der Waals surface area contributed by atoms with Crippen molar-refractivity contribution < 1.29 is 8.78 Å². The minimum atomic E-state index is -2.39. The molecule has 1 rings (SSSR count). The SMILES string of the molecule is CC(C)CC(N)Cc1ccc(C(F)F)cc1. The molecule has 0 bridgehead atoms. The number of alkyl halides is 2. The van der Waals surface area contributed by atoms with Gasteiger partial charge in [0.15, 0.2) is 0 Å². The van der Waals surface area contributed by atoms with Crippen LogP contribution in [-0.2, 0) is 6.42 Å². The highest BCUT2D eigenvalue weighted by atomic mass is 19.3. The molecule has 0 spiro atoms. The molecule has 0 saturated carbocycles. The average molecular weight is 227 g/mol. The molecule has 0 aromatic heterocycles. The van der Waals surface area contributed by atoms with Crippen molar-refractivity contribution in [2.75, 3.05) is 0 Å². The summed E-state index contributed by atoms with van der Waals surface area (Å²) in [6.07, 6.45) is -0.684. The molecule has 0 aliphatic heterocycles. The van der Waals surface area contributed by atoms with E-state index in [1.54, 1.807) is 12.1 Å². The first kappa shape index (κ1) is 13.1. The fraction of sp³-hybridized carbons (Fsp3) is 0.538. The van der Waals surface area contributed by atoms with E-state index in [9.17, 15) is 8.78 Å². The Labute approximate surface area is 95.7 Å². The Hall–Kier alpha value is -0.960. The number of halogens is 2. The summed E-state index contributed by atoms with van der Waals surface area (Å²) < 4.78 is 24.6. The Morgan fingerprint density at radius 3 is 2.12 bits per heavy atom. The number of rotatable bonds is 5. The second-order valence-corrected chi connectivity index (χ2v) is 4.64. The Morgan fingerprint density at radius 2 is 1.69 bits per heavy atom. The fourth-order valence-electron chi connectivity index (χ4n) is 1.79. The highest BCUT2D eigenvalue weighted by molar-refractivity contribution is 5.23. The first-order chi connectivity index (χ1) is 7.49. The molecule has 0 amide bonds. The normalized spacial score (nSPS) is 13.4. The molecular formula is C13H19F2N. The van der Waals surface area contributed by atoms with Gasteiger partial charge in [-0.1, -0.05) is 38.1 Å². The number of nitrogens with two attached hydrogens (primary N) is 1. The minimum absolute atomic E-state index is 0.0705. The summed E-state index contributed by atoms with van der Waals surface area (Å²) in [4.78, 5) is 0. The Bertz CT molecular complexity index is 306. The smallest absolute Gasteiger partial charge is 0.263 e. The van der Waals surface area contributed by atoms with Crippen molar-refractivity contribution in [2.24, 2.45) is 11.7 Å². The van der Waals surface area contributed by atoms with Gasteiger partial charge in [-0.15, -0.1) is 0 Å². The molecule has 0 heterocycles. The molecule has 2 N–H and O–H groups in total. The van der Waals surface area contributed by atoms with Crippen LogP contribution >= 0.6 is 0 Å². The highest BCUT2D eigenvalue weighted by Gasteiger charge is 2.09. The number of hydrogen-bond donors (Lipinski definition) is 1. The van der Waals surface area contributed by atoms with E-state index in [0.717, 1.165) is 18.4 Å². The maximum atomic E-state index is 12.3. The van der Waals surface area contributed by atoms with Crippen LogP contribution < -0.4 is 5.73 Å². The van der Waals surface area contributed by atoms with Crippen LogP contribution in [0.4, 0.5) is 8.78 Å². The number of hydrogen-bond acceptors (Lipinski definition) is 1. The fourth-order valence-corrected chi connectivity index (χ4v) is 1.79. The van der Waals surface area contributed by atoms with Gasteiger partial charge in [0.25, 0.3) is 6.43 Å². The van der Waals surface area contributed by atoms with Gasteiger partial charge >= 0.3 is 0 Å². The topological polar surface area (TPSA) is 26.0 Å². The van der Waals surface area contributed by atoms with E-state index in [0.29, 0.717) is 5.92 Å². The predicted octanol–water partition coefficient (Wildman–Crippen LogP) is 3.54. The number of benzene rings is 1. The van der Waals surface area contributed by atoms with Gasteiger partial charge in [0.1, 0.15) is 0 Å². The van der Waals surface area contributed by atoms with Crippen molar-refractivity contribution in [3.63, 3.8) is 0 Å². The second kappa shape index (κ2) is 5.94. The third-order valence-corrected chi connectivity index (χ3v) is 2.50. The zero-order valence-corrected chi connectivity index (χ0v) is 9.79. The van der Waals surface area contributed by atoms with Gasteiger partial charge in [0.05, 0.1) is 0 Å². The third kappa shape index (κ3) is 4.27. The molecule has 16 heavy (non-hydrogen) atoms. The molecule has 0 saturated heterocycles. The summed E-state index contributed by atoms with van der Waals surface area (Å²) >= 11 is 0. The van der Waals surface area contributed by atoms with Crippen molar-refractivity contribution in [1.29, 1.82) is 0 Å². The van der Waals surface area contributed by atoms with Gasteiger partial charge < -0.3 is 5.73 Å². The van der Waals surface area contributed by atoms with E-state index < -0.39 is 6.43 Å². The second-order valence-electron chi connectivity index (χ2n) is 4.64. The van der Waals surface area contributed by atoms with E-state index in [-0.39, 0.29) is 11.6 Å². The lowest BCUT2D eigenvalue weighted by Crippen LogP contribution is -2.24. The molecule has 1 nitrogen and oxygen atoms in total. The molecular weight excluding hydrogens is 208 g/mol. The molecule has 1 aromatic rings. The van der Waals surface area contributed by atoms with Crippen LogP contribution in [0, 0.1) is 5.92 Å². The average Bonchev–Trinajstić information content (AvgIpc) is 2.16. The monoisotopic (exact) mass is 227 g/mol. The van der Waals surface area contributed by atoms with Gasteiger partial charge in [-0.25, -0.2) is 8.78 Å². The first-order valence-corrected chi connectivity index (χ1v) is 5.61. The summed E-state index contributed by atoms with van der Waals surface area (Å²) in [5.41, 5.74) is 7.05. The maximum Gasteiger partial charge on any atom is 0.263 e. The van der Waals surface area contributed by atoms with E-state index in [2.05, 4.69) is 13.8 Å². The summed E-state index contributed by atoms with van der Waals surface area (Å²) in [6, 6.07) is 6.53. The molecule has 1 unspecified atom stereocenters. The van der Waals surface area contributed by atoms with Crippen molar-refractivity contribution in [2.45, 2.75) is 39.2 Å². The standard InChI is InChI=1S/C13H19F2N/c1-9(2)7-12(16)8-10-3-5-11(6-4-10)13(14)15/h3-6,9,12-13H,7-8,16H2,1-2H3. The molecule has 0 fully saturated rings. The van der Waals surface area contributed by atoms with E-state index in [1.165, 1.54) is 12.1 Å². The highest BCUT2D eigenvalue weighted by Crippen LogP contribution is 2.19. The summed E-state index contributed by atoms with van der Waals surface area (Å²) in [6.45, 7) is 4.25. The largest absolute Gasteiger partial charge is 0.327 e. The molecule has 3 heteroatoms. The van der Waals surface area contributed by atoms with Crippen LogP contribution in [0.5, 0.6) is 0 Å². The van der Waals surface area contributed by atoms with Crippen LogP contribution in [0.1, 0.15) is 37.8 Å². The maximum absolute atomic E-state index is 12.3. The molecule has 1 aromatic carbocycles. The Morgan fingerprint density at radius 1 is 1.12 bits per heavy atom. The molecule has 1 atom stereocenters. The first-order valence-electron chi connectivity index (χ1n) is 5.61. The third-order valence-electron chi connectivity index (χ3n) is 2.50. The van der Waals surface area contributed by atoms with Crippen LogP contribution in [0.2, 0.25) is 0 Å². The lowest BCUT2D eigenvalue weighted by atomic mass is 9.97. The van der Waals surface area contributed by atoms with Crippen LogP contribution in [0.15, 0.2) is 24.3 Å². The van der Waals surface area contributed by atoms with Gasteiger partial charge in [0, 0.05) is 11.6 Å². The Kier molecular flexibility index (Phi) is 4.87. The lowest BCUT2D eigenvalue weighted by Gasteiger charge is -2.14. The van der Waals surface area contributed by atoms with Crippen LogP contribution in [-0.4, -0.2) is 6.04 Å². The Balaban J connectivity index is 2.55. The lowest BCUT2D eigenvalue weighted by molar-refractivity contribution is 0.151. The van der Waals surface area contributed by atoms with Crippen molar-refractivity contribution in [3.05, 3.63) is 35.4 Å². The van der Waals surface area contributed by atoms with Crippen molar-refractivity contribution in [3.8, 4) is 0 Å². The summed E-state index contributed by atoms with van der Waals surface area (Å²) in [5, 5.41) is 0. The molecule has 0 aliphatic carbocycles. The summed E-state index contributed by atoms with van der Waals surface area (Å²) in [5.74, 6) is 0.565. The zero-order chi connectivity index (χ0) is 12.1. The molecule has 90 valence electrons. The summed E-state index contributed by atoms with van der Waals surface area (Å²) in [7, 11) is 0. The van der Waals surface area contributed by atoms with Crippen molar-refractivity contribution in [1.82, 2.24) is 0 Å². The van der Waals surface area contributed by atoms with Gasteiger partial charge in [-0.3, -0.25) is 0 Å². The van der Waals surface area contributed by atoms with Crippen LogP contribution in [0.3, 0.4) is 0 Å².